The van der Waals surface area contributed by atoms with E-state index in [-0.39, 0.29) is 11.7 Å². The SMILES string of the molecule is CNC(=O)CSc1nnc(C[C@@H](C)c2ccccc2)o1. The highest BCUT2D eigenvalue weighted by Crippen LogP contribution is 2.22. The van der Waals surface area contributed by atoms with E-state index in [0.717, 1.165) is 0 Å². The Hall–Kier alpha value is -1.82. The predicted octanol–water partition coefficient (Wildman–Crippen LogP) is 2.25. The van der Waals surface area contributed by atoms with Gasteiger partial charge in [-0.2, -0.15) is 0 Å². The first kappa shape index (κ1) is 14.6. The summed E-state index contributed by atoms with van der Waals surface area (Å²) in [4.78, 5) is 11.1. The molecule has 0 aliphatic rings. The third-order valence-electron chi connectivity index (χ3n) is 2.90. The van der Waals surface area contributed by atoms with Crippen LogP contribution in [0.15, 0.2) is 40.0 Å². The van der Waals surface area contributed by atoms with E-state index in [2.05, 4.69) is 34.6 Å². The lowest BCUT2D eigenvalue weighted by Crippen LogP contribution is -2.19. The average molecular weight is 291 g/mol. The molecule has 0 unspecified atom stereocenters. The molecular formula is C14H17N3O2S. The Morgan fingerprint density at radius 1 is 1.35 bits per heavy atom. The predicted molar refractivity (Wildman–Crippen MR) is 77.6 cm³/mol. The number of carbonyl (C=O) groups is 1. The van der Waals surface area contributed by atoms with E-state index in [1.165, 1.54) is 17.3 Å². The summed E-state index contributed by atoms with van der Waals surface area (Å²) in [6.07, 6.45) is 0.692. The van der Waals surface area contributed by atoms with Crippen LogP contribution >= 0.6 is 11.8 Å². The largest absolute Gasteiger partial charge is 0.416 e. The van der Waals surface area contributed by atoms with Crippen molar-refractivity contribution in [3.05, 3.63) is 41.8 Å². The van der Waals surface area contributed by atoms with Gasteiger partial charge in [0.25, 0.3) is 5.22 Å². The van der Waals surface area contributed by atoms with Crippen LogP contribution in [0.5, 0.6) is 0 Å². The van der Waals surface area contributed by atoms with Gasteiger partial charge in [0.2, 0.25) is 11.8 Å². The van der Waals surface area contributed by atoms with Crippen molar-refractivity contribution >= 4 is 17.7 Å². The standard InChI is InChI=1S/C14H17N3O2S/c1-10(11-6-4-3-5-7-11)8-13-16-17-14(19-13)20-9-12(18)15-2/h3-7,10H,8-9H2,1-2H3,(H,15,18)/t10-/m1/s1. The number of thioether (sulfide) groups is 1. The molecule has 20 heavy (non-hydrogen) atoms. The molecule has 0 aliphatic carbocycles. The van der Waals surface area contributed by atoms with E-state index in [4.69, 9.17) is 4.42 Å². The van der Waals surface area contributed by atoms with Gasteiger partial charge in [0, 0.05) is 13.5 Å². The molecule has 2 rings (SSSR count). The maximum atomic E-state index is 11.1. The third kappa shape index (κ3) is 4.09. The van der Waals surface area contributed by atoms with Crippen LogP contribution in [0.4, 0.5) is 0 Å². The van der Waals surface area contributed by atoms with Gasteiger partial charge in [-0.15, -0.1) is 10.2 Å². The normalized spacial score (nSPS) is 12.1. The lowest BCUT2D eigenvalue weighted by atomic mass is 9.98. The molecule has 0 saturated carbocycles. The lowest BCUT2D eigenvalue weighted by molar-refractivity contribution is -0.118. The summed E-state index contributed by atoms with van der Waals surface area (Å²) in [6, 6.07) is 10.2. The Bertz CT molecular complexity index is 557. The zero-order valence-corrected chi connectivity index (χ0v) is 12.3. The molecule has 1 aromatic carbocycles. The highest BCUT2D eigenvalue weighted by molar-refractivity contribution is 7.99. The fourth-order valence-electron chi connectivity index (χ4n) is 1.74. The molecule has 1 heterocycles. The van der Waals surface area contributed by atoms with Gasteiger partial charge in [0.1, 0.15) is 0 Å². The van der Waals surface area contributed by atoms with Crippen LogP contribution in [-0.2, 0) is 11.2 Å². The van der Waals surface area contributed by atoms with Crippen molar-refractivity contribution in [2.24, 2.45) is 0 Å². The highest BCUT2D eigenvalue weighted by Gasteiger charge is 2.13. The zero-order valence-electron chi connectivity index (χ0n) is 11.5. The van der Waals surface area contributed by atoms with Crippen molar-refractivity contribution in [3.63, 3.8) is 0 Å². The third-order valence-corrected chi connectivity index (χ3v) is 3.72. The average Bonchev–Trinajstić information content (AvgIpc) is 2.93. The van der Waals surface area contributed by atoms with E-state index in [9.17, 15) is 4.79 Å². The van der Waals surface area contributed by atoms with E-state index in [0.29, 0.717) is 23.5 Å². The van der Waals surface area contributed by atoms with E-state index in [1.54, 1.807) is 7.05 Å². The molecule has 0 spiro atoms. The minimum absolute atomic E-state index is 0.0626. The van der Waals surface area contributed by atoms with Crippen molar-refractivity contribution in [2.45, 2.75) is 24.5 Å². The Morgan fingerprint density at radius 3 is 2.80 bits per heavy atom. The Balaban J connectivity index is 1.91. The molecule has 2 aromatic rings. The second kappa shape index (κ2) is 7.09. The highest BCUT2D eigenvalue weighted by atomic mass is 32.2. The van der Waals surface area contributed by atoms with Crippen molar-refractivity contribution in [1.82, 2.24) is 15.5 Å². The minimum Gasteiger partial charge on any atom is -0.416 e. The smallest absolute Gasteiger partial charge is 0.277 e. The molecule has 1 atom stereocenters. The molecule has 1 aromatic heterocycles. The molecule has 1 amide bonds. The second-order valence-electron chi connectivity index (χ2n) is 4.44. The summed E-state index contributed by atoms with van der Waals surface area (Å²) in [5, 5.41) is 10.9. The maximum Gasteiger partial charge on any atom is 0.277 e. The van der Waals surface area contributed by atoms with Crippen LogP contribution in [0.1, 0.15) is 24.3 Å². The number of rotatable bonds is 6. The van der Waals surface area contributed by atoms with Gasteiger partial charge in [-0.3, -0.25) is 4.79 Å². The Labute approximate surface area is 122 Å². The first-order chi connectivity index (χ1) is 9.69. The summed E-state index contributed by atoms with van der Waals surface area (Å²) >= 11 is 1.24. The molecule has 0 aliphatic heterocycles. The number of benzene rings is 1. The fraction of sp³-hybridized carbons (Fsp3) is 0.357. The number of amides is 1. The quantitative estimate of drug-likeness (QED) is 0.827. The second-order valence-corrected chi connectivity index (χ2v) is 5.37. The van der Waals surface area contributed by atoms with Crippen molar-refractivity contribution in [1.29, 1.82) is 0 Å². The first-order valence-corrected chi connectivity index (χ1v) is 7.38. The molecular weight excluding hydrogens is 274 g/mol. The molecule has 106 valence electrons. The molecule has 1 N–H and O–H groups in total. The lowest BCUT2D eigenvalue weighted by Gasteiger charge is -2.08. The van der Waals surface area contributed by atoms with Crippen molar-refractivity contribution in [3.8, 4) is 0 Å². The van der Waals surface area contributed by atoms with Gasteiger partial charge < -0.3 is 9.73 Å². The number of nitrogens with one attached hydrogen (secondary N) is 1. The first-order valence-electron chi connectivity index (χ1n) is 6.39. The molecule has 0 bridgehead atoms. The van der Waals surface area contributed by atoms with Crippen LogP contribution < -0.4 is 5.32 Å². The van der Waals surface area contributed by atoms with Crippen LogP contribution in [0.3, 0.4) is 0 Å². The van der Waals surface area contributed by atoms with Crippen molar-refractivity contribution < 1.29 is 9.21 Å². The van der Waals surface area contributed by atoms with E-state index < -0.39 is 0 Å². The van der Waals surface area contributed by atoms with Gasteiger partial charge in [-0.25, -0.2) is 0 Å². The number of hydrogen-bond donors (Lipinski definition) is 1. The minimum atomic E-state index is -0.0626. The summed E-state index contributed by atoms with van der Waals surface area (Å²) in [5.74, 6) is 1.13. The van der Waals surface area contributed by atoms with E-state index >= 15 is 0 Å². The monoisotopic (exact) mass is 291 g/mol. The molecule has 5 nitrogen and oxygen atoms in total. The number of carbonyl (C=O) groups excluding carboxylic acids is 1. The van der Waals surface area contributed by atoms with Gasteiger partial charge in [0.15, 0.2) is 0 Å². The molecule has 0 fully saturated rings. The van der Waals surface area contributed by atoms with Gasteiger partial charge >= 0.3 is 0 Å². The van der Waals surface area contributed by atoms with Gasteiger partial charge in [-0.1, -0.05) is 49.0 Å². The number of aromatic nitrogens is 2. The van der Waals surface area contributed by atoms with Crippen LogP contribution in [-0.4, -0.2) is 28.9 Å². The number of hydrogen-bond acceptors (Lipinski definition) is 5. The zero-order chi connectivity index (χ0) is 14.4. The fourth-order valence-corrected chi connectivity index (χ4v) is 2.39. The van der Waals surface area contributed by atoms with E-state index in [1.807, 2.05) is 18.2 Å². The Morgan fingerprint density at radius 2 is 2.10 bits per heavy atom. The topological polar surface area (TPSA) is 68.0 Å². The van der Waals surface area contributed by atoms with Gasteiger partial charge in [-0.05, 0) is 11.5 Å². The van der Waals surface area contributed by atoms with Gasteiger partial charge in [0.05, 0.1) is 5.75 Å². The summed E-state index contributed by atoms with van der Waals surface area (Å²) in [7, 11) is 1.60. The molecule has 6 heteroatoms. The summed E-state index contributed by atoms with van der Waals surface area (Å²) < 4.78 is 5.53. The Kier molecular flexibility index (Phi) is 5.17. The molecule has 0 saturated heterocycles. The van der Waals surface area contributed by atoms with Crippen LogP contribution in [0.2, 0.25) is 0 Å². The summed E-state index contributed by atoms with van der Waals surface area (Å²) in [6.45, 7) is 2.12. The number of nitrogens with zero attached hydrogens (tertiary/aromatic N) is 2. The summed E-state index contributed by atoms with van der Waals surface area (Å²) in [5.41, 5.74) is 1.24. The maximum absolute atomic E-state index is 11.1. The van der Waals surface area contributed by atoms with Crippen molar-refractivity contribution in [2.75, 3.05) is 12.8 Å². The van der Waals surface area contributed by atoms with Crippen LogP contribution in [0, 0.1) is 0 Å². The van der Waals surface area contributed by atoms with Crippen LogP contribution in [0.25, 0.3) is 0 Å². The molecule has 0 radical (unpaired) electrons.